The van der Waals surface area contributed by atoms with E-state index in [2.05, 4.69) is 11.4 Å². The number of fused-ring (bicyclic) bond motifs is 1. The Labute approximate surface area is 169 Å². The highest BCUT2D eigenvalue weighted by Gasteiger charge is 2.22. The van der Waals surface area contributed by atoms with Crippen LogP contribution < -0.4 is 5.32 Å². The summed E-state index contributed by atoms with van der Waals surface area (Å²) in [6, 6.07) is 19.9. The molecule has 0 saturated carbocycles. The highest BCUT2D eigenvalue weighted by Crippen LogP contribution is 2.28. The summed E-state index contributed by atoms with van der Waals surface area (Å²) in [6.45, 7) is 5.44. The van der Waals surface area contributed by atoms with E-state index < -0.39 is 5.97 Å². The summed E-state index contributed by atoms with van der Waals surface area (Å²) in [5, 5.41) is 14.4. The monoisotopic (exact) mass is 388 g/mol. The minimum Gasteiger partial charge on any atom is -0.477 e. The predicted molar refractivity (Wildman–Crippen MR) is 113 cm³/mol. The van der Waals surface area contributed by atoms with E-state index in [1.807, 2.05) is 73.0 Å². The molecular weight excluding hydrogens is 364 g/mol. The van der Waals surface area contributed by atoms with Gasteiger partial charge in [0.05, 0.1) is 6.54 Å². The van der Waals surface area contributed by atoms with Gasteiger partial charge in [0, 0.05) is 29.6 Å². The van der Waals surface area contributed by atoms with Crippen molar-refractivity contribution < 1.29 is 14.3 Å². The maximum absolute atomic E-state index is 12.3. The van der Waals surface area contributed by atoms with Crippen LogP contribution >= 0.6 is 0 Å². The number of aromatic nitrogens is 1. The molecule has 0 saturated heterocycles. The summed E-state index contributed by atoms with van der Waals surface area (Å²) in [5.74, 6) is 0.784. The number of carbonyl (C=O) groups is 1. The minimum atomic E-state index is -0.916. The summed E-state index contributed by atoms with van der Waals surface area (Å²) in [6.07, 6.45) is 0. The molecule has 4 aromatic rings. The Morgan fingerprint density at radius 1 is 1.03 bits per heavy atom. The van der Waals surface area contributed by atoms with Gasteiger partial charge in [-0.1, -0.05) is 42.5 Å². The van der Waals surface area contributed by atoms with Crippen LogP contribution in [0.2, 0.25) is 0 Å². The van der Waals surface area contributed by atoms with Gasteiger partial charge < -0.3 is 19.4 Å². The van der Waals surface area contributed by atoms with Crippen molar-refractivity contribution in [1.29, 1.82) is 0 Å². The Hall–Kier alpha value is -3.31. The first-order chi connectivity index (χ1) is 14.0. The van der Waals surface area contributed by atoms with Crippen molar-refractivity contribution in [2.45, 2.75) is 33.5 Å². The molecule has 2 aromatic carbocycles. The number of aromatic carboxylic acids is 1. The molecule has 29 heavy (non-hydrogen) atoms. The average Bonchev–Trinajstić information content (AvgIpc) is 3.24. The Morgan fingerprint density at radius 3 is 2.52 bits per heavy atom. The molecule has 0 radical (unpaired) electrons. The van der Waals surface area contributed by atoms with Crippen LogP contribution in [0.3, 0.4) is 0 Å². The van der Waals surface area contributed by atoms with Crippen molar-refractivity contribution in [2.24, 2.45) is 0 Å². The molecule has 148 valence electrons. The third-order valence-electron chi connectivity index (χ3n) is 5.11. The van der Waals surface area contributed by atoms with Gasteiger partial charge >= 0.3 is 5.97 Å². The fourth-order valence-electron chi connectivity index (χ4n) is 3.78. The second kappa shape index (κ2) is 7.97. The lowest BCUT2D eigenvalue weighted by Gasteiger charge is -2.10. The molecule has 5 heteroatoms. The summed E-state index contributed by atoms with van der Waals surface area (Å²) in [4.78, 5) is 12.3. The molecule has 2 heterocycles. The van der Waals surface area contributed by atoms with E-state index in [0.717, 1.165) is 39.1 Å². The third kappa shape index (κ3) is 3.96. The lowest BCUT2D eigenvalue weighted by atomic mass is 10.1. The topological polar surface area (TPSA) is 67.4 Å². The van der Waals surface area contributed by atoms with Gasteiger partial charge in [-0.3, -0.25) is 0 Å². The maximum atomic E-state index is 12.3. The summed E-state index contributed by atoms with van der Waals surface area (Å²) in [7, 11) is 0. The number of benzene rings is 2. The second-order valence-corrected chi connectivity index (χ2v) is 7.34. The molecule has 0 atom stereocenters. The van der Waals surface area contributed by atoms with Gasteiger partial charge in [0.2, 0.25) is 0 Å². The zero-order valence-corrected chi connectivity index (χ0v) is 16.6. The second-order valence-electron chi connectivity index (χ2n) is 7.34. The molecule has 0 bridgehead atoms. The SMILES string of the molecule is Cc1ccc2c(CNCc3ccc(C)o3)c(C(=O)O)n(Cc3ccccc3)c2c1. The van der Waals surface area contributed by atoms with Gasteiger partial charge in [0.1, 0.15) is 17.2 Å². The lowest BCUT2D eigenvalue weighted by molar-refractivity contribution is 0.0685. The van der Waals surface area contributed by atoms with Crippen LogP contribution in [0, 0.1) is 13.8 Å². The average molecular weight is 388 g/mol. The fourth-order valence-corrected chi connectivity index (χ4v) is 3.78. The van der Waals surface area contributed by atoms with Crippen molar-refractivity contribution in [3.05, 3.63) is 94.6 Å². The molecule has 0 fully saturated rings. The molecule has 0 aliphatic heterocycles. The van der Waals surface area contributed by atoms with Crippen molar-refractivity contribution in [2.75, 3.05) is 0 Å². The number of nitrogens with one attached hydrogen (secondary N) is 1. The van der Waals surface area contributed by atoms with Gasteiger partial charge in [-0.25, -0.2) is 4.79 Å². The molecule has 0 unspecified atom stereocenters. The lowest BCUT2D eigenvalue weighted by Crippen LogP contribution is -2.17. The highest BCUT2D eigenvalue weighted by atomic mass is 16.4. The van der Waals surface area contributed by atoms with Crippen LogP contribution in [0.1, 0.15) is 38.7 Å². The molecule has 2 aromatic heterocycles. The van der Waals surface area contributed by atoms with E-state index in [9.17, 15) is 9.90 Å². The van der Waals surface area contributed by atoms with Gasteiger partial charge in [0.15, 0.2) is 0 Å². The third-order valence-corrected chi connectivity index (χ3v) is 5.11. The summed E-state index contributed by atoms with van der Waals surface area (Å²) < 4.78 is 7.51. The van der Waals surface area contributed by atoms with Crippen LogP contribution in [0.25, 0.3) is 10.9 Å². The number of hydrogen-bond acceptors (Lipinski definition) is 3. The van der Waals surface area contributed by atoms with Crippen LogP contribution in [0.15, 0.2) is 65.1 Å². The van der Waals surface area contributed by atoms with E-state index in [0.29, 0.717) is 25.3 Å². The largest absolute Gasteiger partial charge is 0.477 e. The molecule has 4 rings (SSSR count). The zero-order valence-electron chi connectivity index (χ0n) is 16.6. The quantitative estimate of drug-likeness (QED) is 0.473. The normalized spacial score (nSPS) is 11.2. The summed E-state index contributed by atoms with van der Waals surface area (Å²) in [5.41, 5.74) is 4.24. The van der Waals surface area contributed by atoms with Gasteiger partial charge in [-0.2, -0.15) is 0 Å². The van der Waals surface area contributed by atoms with Crippen molar-refractivity contribution in [1.82, 2.24) is 9.88 Å². The van der Waals surface area contributed by atoms with E-state index in [1.54, 1.807) is 0 Å². The van der Waals surface area contributed by atoms with Crippen LogP contribution in [0.5, 0.6) is 0 Å². The van der Waals surface area contributed by atoms with Gasteiger partial charge in [-0.15, -0.1) is 0 Å². The van der Waals surface area contributed by atoms with Gasteiger partial charge in [-0.05, 0) is 43.2 Å². The van der Waals surface area contributed by atoms with E-state index in [1.165, 1.54) is 0 Å². The number of carboxylic acids is 1. The molecule has 0 spiro atoms. The number of furan rings is 1. The molecule has 0 aliphatic rings. The van der Waals surface area contributed by atoms with Crippen LogP contribution in [0.4, 0.5) is 0 Å². The minimum absolute atomic E-state index is 0.331. The molecular formula is C24H24N2O3. The van der Waals surface area contributed by atoms with E-state index in [4.69, 9.17) is 4.42 Å². The molecule has 0 amide bonds. The number of hydrogen-bond donors (Lipinski definition) is 2. The molecule has 5 nitrogen and oxygen atoms in total. The Balaban J connectivity index is 1.74. The first-order valence-corrected chi connectivity index (χ1v) is 9.68. The maximum Gasteiger partial charge on any atom is 0.352 e. The van der Waals surface area contributed by atoms with Crippen LogP contribution in [-0.4, -0.2) is 15.6 Å². The van der Waals surface area contributed by atoms with Crippen molar-refractivity contribution in [3.63, 3.8) is 0 Å². The highest BCUT2D eigenvalue weighted by molar-refractivity contribution is 5.98. The van der Waals surface area contributed by atoms with Crippen molar-refractivity contribution in [3.8, 4) is 0 Å². The number of nitrogens with zero attached hydrogens (tertiary/aromatic N) is 1. The van der Waals surface area contributed by atoms with E-state index in [-0.39, 0.29) is 0 Å². The molecule has 0 aliphatic carbocycles. The first-order valence-electron chi connectivity index (χ1n) is 9.68. The zero-order chi connectivity index (χ0) is 20.4. The van der Waals surface area contributed by atoms with Crippen molar-refractivity contribution >= 4 is 16.9 Å². The smallest absolute Gasteiger partial charge is 0.352 e. The fraction of sp³-hybridized carbons (Fsp3) is 0.208. The first kappa shape index (κ1) is 19.0. The number of rotatable bonds is 7. The van der Waals surface area contributed by atoms with Gasteiger partial charge in [0.25, 0.3) is 0 Å². The Bertz CT molecular complexity index is 1160. The number of aryl methyl sites for hydroxylation is 2. The Morgan fingerprint density at radius 2 is 1.83 bits per heavy atom. The van der Waals surface area contributed by atoms with Crippen LogP contribution in [-0.2, 0) is 19.6 Å². The molecule has 2 N–H and O–H groups in total. The summed E-state index contributed by atoms with van der Waals surface area (Å²) >= 11 is 0. The standard InChI is InChI=1S/C24H24N2O3/c1-16-8-11-20-21(14-25-13-19-10-9-17(2)29-19)23(24(27)28)26(22(20)12-16)15-18-6-4-3-5-7-18/h3-12,25H,13-15H2,1-2H3,(H,27,28). The predicted octanol–water partition coefficient (Wildman–Crippen LogP) is 4.89. The van der Waals surface area contributed by atoms with E-state index >= 15 is 0 Å². The number of carboxylic acid groups (broad SMARTS) is 1. The Kier molecular flexibility index (Phi) is 5.23.